The summed E-state index contributed by atoms with van der Waals surface area (Å²) >= 11 is 4.32. The molecule has 0 aliphatic carbocycles. The lowest BCUT2D eigenvalue weighted by molar-refractivity contribution is -0.142. The number of rotatable bonds is 7. The van der Waals surface area contributed by atoms with Crippen molar-refractivity contribution in [3.63, 3.8) is 0 Å². The highest BCUT2D eigenvalue weighted by Gasteiger charge is 2.31. The Morgan fingerprint density at radius 1 is 1.24 bits per heavy atom. The SMILES string of the molecule is COCC(=O)SCC(=O)N(c1c(C)ccc(Br)c1C)[C@@H](C)C(=O)OC. The molecular weight excluding hydrogens is 410 g/mol. The van der Waals surface area contributed by atoms with E-state index in [1.807, 2.05) is 26.0 Å². The topological polar surface area (TPSA) is 72.9 Å². The molecular formula is C17H22BrNO5S. The molecule has 0 saturated carbocycles. The average molecular weight is 432 g/mol. The van der Waals surface area contributed by atoms with Crippen LogP contribution in [0.3, 0.4) is 0 Å². The van der Waals surface area contributed by atoms with E-state index < -0.39 is 12.0 Å². The Bertz CT molecular complexity index is 665. The molecule has 0 N–H and O–H groups in total. The quantitative estimate of drug-likeness (QED) is 0.617. The van der Waals surface area contributed by atoms with Gasteiger partial charge in [0.25, 0.3) is 0 Å². The van der Waals surface area contributed by atoms with E-state index >= 15 is 0 Å². The number of anilines is 1. The predicted molar refractivity (Wildman–Crippen MR) is 102 cm³/mol. The fraction of sp³-hybridized carbons (Fsp3) is 0.471. The van der Waals surface area contributed by atoms with Crippen LogP contribution in [0.2, 0.25) is 0 Å². The molecule has 0 heterocycles. The lowest BCUT2D eigenvalue weighted by Crippen LogP contribution is -2.46. The second kappa shape index (κ2) is 9.94. The van der Waals surface area contributed by atoms with E-state index in [2.05, 4.69) is 15.9 Å². The number of carbonyl (C=O) groups is 3. The van der Waals surface area contributed by atoms with Crippen LogP contribution in [0.5, 0.6) is 0 Å². The third-order valence-corrected chi connectivity index (χ3v) is 5.31. The van der Waals surface area contributed by atoms with Crippen molar-refractivity contribution in [2.75, 3.05) is 31.5 Å². The molecule has 0 saturated heterocycles. The summed E-state index contributed by atoms with van der Waals surface area (Å²) in [4.78, 5) is 37.9. The molecule has 25 heavy (non-hydrogen) atoms. The molecule has 0 spiro atoms. The summed E-state index contributed by atoms with van der Waals surface area (Å²) in [7, 11) is 2.69. The number of carbonyl (C=O) groups excluding carboxylic acids is 3. The Morgan fingerprint density at radius 2 is 1.88 bits per heavy atom. The molecule has 0 aliphatic heterocycles. The minimum Gasteiger partial charge on any atom is -0.467 e. The molecule has 138 valence electrons. The third kappa shape index (κ3) is 5.55. The molecule has 0 fully saturated rings. The van der Waals surface area contributed by atoms with Gasteiger partial charge in [-0.15, -0.1) is 0 Å². The highest BCUT2D eigenvalue weighted by atomic mass is 79.9. The van der Waals surface area contributed by atoms with Crippen LogP contribution >= 0.6 is 27.7 Å². The first-order valence-corrected chi connectivity index (χ1v) is 9.32. The lowest BCUT2D eigenvalue weighted by atomic mass is 10.1. The standard InChI is InChI=1S/C17H22BrNO5S/c1-10-6-7-13(18)11(2)16(10)19(12(3)17(22)24-5)14(20)9-25-15(21)8-23-4/h6-7,12H,8-9H2,1-5H3/t12-/m0/s1. The molecule has 0 unspecified atom stereocenters. The van der Waals surface area contributed by atoms with Crippen molar-refractivity contribution >= 4 is 50.4 Å². The molecule has 1 rings (SSSR count). The number of benzene rings is 1. The number of halogens is 1. The van der Waals surface area contributed by atoms with Crippen molar-refractivity contribution in [2.45, 2.75) is 26.8 Å². The van der Waals surface area contributed by atoms with Gasteiger partial charge in [0.05, 0.1) is 18.6 Å². The summed E-state index contributed by atoms with van der Waals surface area (Å²) < 4.78 is 10.4. The van der Waals surface area contributed by atoms with Crippen molar-refractivity contribution < 1.29 is 23.9 Å². The van der Waals surface area contributed by atoms with Gasteiger partial charge in [-0.2, -0.15) is 0 Å². The van der Waals surface area contributed by atoms with Gasteiger partial charge in [-0.05, 0) is 38.0 Å². The number of thioether (sulfide) groups is 1. The number of ether oxygens (including phenoxy) is 2. The maximum absolute atomic E-state index is 12.8. The zero-order valence-electron chi connectivity index (χ0n) is 14.9. The molecule has 1 amide bonds. The van der Waals surface area contributed by atoms with E-state index in [0.29, 0.717) is 5.69 Å². The van der Waals surface area contributed by atoms with E-state index in [-0.39, 0.29) is 23.4 Å². The maximum Gasteiger partial charge on any atom is 0.328 e. The third-order valence-electron chi connectivity index (χ3n) is 3.62. The second-order valence-corrected chi connectivity index (χ2v) is 7.28. The smallest absolute Gasteiger partial charge is 0.328 e. The summed E-state index contributed by atoms with van der Waals surface area (Å²) in [6.45, 7) is 5.26. The summed E-state index contributed by atoms with van der Waals surface area (Å²) in [6.07, 6.45) is 0. The molecule has 0 aliphatic rings. The molecule has 8 heteroatoms. The molecule has 6 nitrogen and oxygen atoms in total. The predicted octanol–water partition coefficient (Wildman–Crippen LogP) is 2.87. The second-order valence-electron chi connectivity index (χ2n) is 5.39. The number of methoxy groups -OCH3 is 2. The zero-order valence-corrected chi connectivity index (χ0v) is 17.3. The van der Waals surface area contributed by atoms with Crippen molar-refractivity contribution in [3.8, 4) is 0 Å². The molecule has 0 aromatic heterocycles. The van der Waals surface area contributed by atoms with Gasteiger partial charge in [-0.25, -0.2) is 4.79 Å². The fourth-order valence-electron chi connectivity index (χ4n) is 2.36. The Balaban J connectivity index is 3.23. The first-order chi connectivity index (χ1) is 11.7. The zero-order chi connectivity index (χ0) is 19.1. The highest BCUT2D eigenvalue weighted by Crippen LogP contribution is 2.32. The number of amides is 1. The molecule has 1 aromatic rings. The van der Waals surface area contributed by atoms with Gasteiger partial charge < -0.3 is 9.47 Å². The van der Waals surface area contributed by atoms with Gasteiger partial charge in [0.1, 0.15) is 12.6 Å². The van der Waals surface area contributed by atoms with Gasteiger partial charge in [0.15, 0.2) is 0 Å². The minimum absolute atomic E-state index is 0.0700. The van der Waals surface area contributed by atoms with E-state index in [9.17, 15) is 14.4 Å². The first kappa shape index (κ1) is 21.7. The van der Waals surface area contributed by atoms with Crippen molar-refractivity contribution in [2.24, 2.45) is 0 Å². The summed E-state index contributed by atoms with van der Waals surface area (Å²) in [6, 6.07) is 2.93. The van der Waals surface area contributed by atoms with Crippen LogP contribution in [-0.4, -0.2) is 49.6 Å². The van der Waals surface area contributed by atoms with Crippen LogP contribution in [0.1, 0.15) is 18.1 Å². The van der Waals surface area contributed by atoms with Crippen LogP contribution in [0.15, 0.2) is 16.6 Å². The van der Waals surface area contributed by atoms with Crippen molar-refractivity contribution in [3.05, 3.63) is 27.7 Å². The Kier molecular flexibility index (Phi) is 8.61. The Labute approximate surface area is 160 Å². The monoisotopic (exact) mass is 431 g/mol. The van der Waals surface area contributed by atoms with E-state index in [1.165, 1.54) is 19.1 Å². The number of hydrogen-bond donors (Lipinski definition) is 0. The van der Waals surface area contributed by atoms with Crippen LogP contribution in [0.4, 0.5) is 5.69 Å². The number of hydrogen-bond acceptors (Lipinski definition) is 6. The van der Waals surface area contributed by atoms with Gasteiger partial charge in [-0.1, -0.05) is 33.8 Å². The molecule has 1 atom stereocenters. The van der Waals surface area contributed by atoms with E-state index in [1.54, 1.807) is 6.92 Å². The molecule has 0 bridgehead atoms. The van der Waals surface area contributed by atoms with Gasteiger partial charge >= 0.3 is 5.97 Å². The largest absolute Gasteiger partial charge is 0.467 e. The van der Waals surface area contributed by atoms with Crippen molar-refractivity contribution in [1.82, 2.24) is 0 Å². The number of nitrogens with zero attached hydrogens (tertiary/aromatic N) is 1. The normalized spacial score (nSPS) is 11.8. The van der Waals surface area contributed by atoms with Crippen LogP contribution in [-0.2, 0) is 23.9 Å². The van der Waals surface area contributed by atoms with Gasteiger partial charge in [0, 0.05) is 11.6 Å². The minimum atomic E-state index is -0.817. The van der Waals surface area contributed by atoms with Crippen molar-refractivity contribution in [1.29, 1.82) is 0 Å². The Morgan fingerprint density at radius 3 is 2.44 bits per heavy atom. The maximum atomic E-state index is 12.8. The number of esters is 1. The Hall–Kier alpha value is -1.38. The van der Waals surface area contributed by atoms with Crippen LogP contribution in [0, 0.1) is 13.8 Å². The molecule has 1 aromatic carbocycles. The summed E-state index contributed by atoms with van der Waals surface area (Å²) in [5.74, 6) is -0.966. The summed E-state index contributed by atoms with van der Waals surface area (Å²) in [5, 5.41) is -0.246. The van der Waals surface area contributed by atoms with E-state index in [0.717, 1.165) is 27.4 Å². The fourth-order valence-corrected chi connectivity index (χ4v) is 3.31. The van der Waals surface area contributed by atoms with Gasteiger partial charge in [-0.3, -0.25) is 14.5 Å². The van der Waals surface area contributed by atoms with Crippen LogP contribution in [0.25, 0.3) is 0 Å². The lowest BCUT2D eigenvalue weighted by Gasteiger charge is -2.30. The first-order valence-electron chi connectivity index (χ1n) is 7.54. The van der Waals surface area contributed by atoms with E-state index in [4.69, 9.17) is 9.47 Å². The van der Waals surface area contributed by atoms with Crippen LogP contribution < -0.4 is 4.90 Å². The average Bonchev–Trinajstić information content (AvgIpc) is 2.59. The highest BCUT2D eigenvalue weighted by molar-refractivity contribution is 9.10. The summed E-state index contributed by atoms with van der Waals surface area (Å²) in [5.41, 5.74) is 2.31. The number of aryl methyl sites for hydroxylation is 1. The molecule has 0 radical (unpaired) electrons. The van der Waals surface area contributed by atoms with Gasteiger partial charge in [0.2, 0.25) is 11.0 Å².